The predicted octanol–water partition coefficient (Wildman–Crippen LogP) is -1.62. The molecule has 0 spiro atoms. The van der Waals surface area contributed by atoms with Crippen molar-refractivity contribution in [1.82, 2.24) is 34.1 Å². The summed E-state index contributed by atoms with van der Waals surface area (Å²) in [5, 5.41) is 22.3. The molecule has 4 aromatic heterocycles. The summed E-state index contributed by atoms with van der Waals surface area (Å²) in [6, 6.07) is 1.54. The van der Waals surface area contributed by atoms with E-state index in [1.165, 1.54) is 27.7 Å². The number of nitrogen functional groups attached to an aromatic ring is 2. The smallest absolute Gasteiger partial charge is 0.397 e. The number of rotatable bonds is 2. The van der Waals surface area contributed by atoms with Gasteiger partial charge in [0, 0.05) is 6.20 Å². The van der Waals surface area contributed by atoms with Gasteiger partial charge in [0.05, 0.1) is 31.6 Å². The third-order valence-electron chi connectivity index (χ3n) is 7.43. The van der Waals surface area contributed by atoms with Crippen LogP contribution in [0, 0.1) is 0 Å². The number of nitrogens with one attached hydrogen (secondary N) is 1. The van der Waals surface area contributed by atoms with Crippen LogP contribution in [-0.2, 0) is 43.9 Å². The molecule has 2 unspecified atom stereocenters. The van der Waals surface area contributed by atoms with Gasteiger partial charge in [-0.1, -0.05) is 0 Å². The van der Waals surface area contributed by atoms with Crippen molar-refractivity contribution in [1.29, 1.82) is 0 Å². The zero-order valence-electron chi connectivity index (χ0n) is 22.5. The Morgan fingerprint density at radius 2 is 1.60 bits per heavy atom. The van der Waals surface area contributed by atoms with Gasteiger partial charge in [-0.05, 0) is 17.9 Å². The lowest BCUT2D eigenvalue weighted by atomic mass is 10.1. The second kappa shape index (κ2) is 11.1. The highest BCUT2D eigenvalue weighted by atomic mass is 32.5. The molecule has 3 aliphatic heterocycles. The highest BCUT2D eigenvalue weighted by molar-refractivity contribution is 8.07. The minimum absolute atomic E-state index is 0.0838. The lowest BCUT2D eigenvalue weighted by Gasteiger charge is -2.27. The van der Waals surface area contributed by atoms with E-state index in [-0.39, 0.29) is 22.8 Å². The number of hydrogen-bond acceptors (Lipinski definition) is 17. The van der Waals surface area contributed by atoms with Gasteiger partial charge in [-0.25, -0.2) is 19.5 Å². The first-order chi connectivity index (χ1) is 21.3. The van der Waals surface area contributed by atoms with E-state index in [1.807, 2.05) is 0 Å². The van der Waals surface area contributed by atoms with Gasteiger partial charge in [-0.3, -0.25) is 32.5 Å². The number of nitrogens with two attached hydrogens (primary N) is 2. The largest absolute Gasteiger partial charge is 0.472 e. The number of aromatic nitrogens is 7. The number of aliphatic hydroxyl groups excluding tert-OH is 2. The Labute approximate surface area is 255 Å². The van der Waals surface area contributed by atoms with Crippen LogP contribution in [0.25, 0.3) is 22.3 Å². The van der Waals surface area contributed by atoms with Gasteiger partial charge in [-0.2, -0.15) is 4.98 Å². The molecule has 7 heterocycles. The number of aliphatic hydroxyl groups is 2. The third kappa shape index (κ3) is 5.46. The molecule has 10 atom stereocenters. The Morgan fingerprint density at radius 1 is 0.911 bits per heavy atom. The number of aromatic amines is 1. The summed E-state index contributed by atoms with van der Waals surface area (Å²) in [6.07, 6.45) is -7.76. The van der Waals surface area contributed by atoms with E-state index >= 15 is 0 Å². The predicted molar refractivity (Wildman–Crippen MR) is 152 cm³/mol. The number of fused-ring (bicyclic) bond motifs is 5. The lowest BCUT2D eigenvalue weighted by Crippen LogP contribution is -2.36. The lowest BCUT2D eigenvalue weighted by molar-refractivity contribution is -0.0647. The van der Waals surface area contributed by atoms with Crippen LogP contribution in [0.5, 0.6) is 0 Å². The van der Waals surface area contributed by atoms with E-state index in [1.54, 1.807) is 0 Å². The quantitative estimate of drug-likeness (QED) is 0.116. The van der Waals surface area contributed by atoms with Crippen LogP contribution >= 0.6 is 14.5 Å². The number of anilines is 2. The number of nitrogens with zero attached hydrogens (tertiary/aromatic N) is 6. The minimum atomic E-state index is -5.05. The SMILES string of the molecule is Nc1nc2c(ncn2[C@@H]2O[C@@H]3COP(O)(=S)O[C@H]4[C@@H](O)[C@H](n5cnc6c(N)ccnc65)O[C@@H]4COP(=O)(O)O[C@@H]2[C@@H]3O)c(=O)[nH]1. The van der Waals surface area contributed by atoms with Gasteiger partial charge in [0.1, 0.15) is 42.1 Å². The van der Waals surface area contributed by atoms with Gasteiger partial charge < -0.3 is 45.5 Å². The van der Waals surface area contributed by atoms with Crippen molar-refractivity contribution in [2.24, 2.45) is 0 Å². The van der Waals surface area contributed by atoms with E-state index in [4.69, 9.17) is 50.8 Å². The number of phosphoric ester groups is 1. The van der Waals surface area contributed by atoms with Crippen LogP contribution in [0.3, 0.4) is 0 Å². The van der Waals surface area contributed by atoms with E-state index < -0.39 is 82.4 Å². The first-order valence-corrected chi connectivity index (χ1v) is 17.2. The minimum Gasteiger partial charge on any atom is -0.397 e. The summed E-state index contributed by atoms with van der Waals surface area (Å²) >= 11 is 5.18. The summed E-state index contributed by atoms with van der Waals surface area (Å²) in [5.41, 5.74) is 11.7. The molecule has 0 radical (unpaired) electrons. The zero-order chi connectivity index (χ0) is 31.8. The fraction of sp³-hybridized carbons (Fsp3) is 0.476. The van der Waals surface area contributed by atoms with Crippen LogP contribution < -0.4 is 17.0 Å². The second-order valence-corrected chi connectivity index (χ2v) is 14.5. The molecule has 3 saturated heterocycles. The maximum atomic E-state index is 13.2. The Bertz CT molecular complexity index is 1940. The fourth-order valence-corrected chi connectivity index (χ4v) is 7.76. The zero-order valence-corrected chi connectivity index (χ0v) is 25.1. The average Bonchev–Trinajstić information content (AvgIpc) is 3.72. The molecule has 0 saturated carbocycles. The highest BCUT2D eigenvalue weighted by Crippen LogP contribution is 2.53. The molecule has 45 heavy (non-hydrogen) atoms. The van der Waals surface area contributed by atoms with E-state index in [9.17, 15) is 29.4 Å². The number of ether oxygens (including phenoxy) is 2. The Hall–Kier alpha value is -2.95. The normalized spacial score (nSPS) is 37.7. The first kappa shape index (κ1) is 30.7. The van der Waals surface area contributed by atoms with Crippen molar-refractivity contribution in [2.75, 3.05) is 24.7 Å². The molecule has 3 fully saturated rings. The van der Waals surface area contributed by atoms with Crippen LogP contribution in [0.4, 0.5) is 11.6 Å². The Morgan fingerprint density at radius 3 is 2.38 bits per heavy atom. The van der Waals surface area contributed by atoms with Crippen molar-refractivity contribution < 1.29 is 52.1 Å². The molecular formula is C21H25N9O12P2S. The van der Waals surface area contributed by atoms with Gasteiger partial charge in [0.2, 0.25) is 5.95 Å². The van der Waals surface area contributed by atoms with Gasteiger partial charge in [0.15, 0.2) is 29.3 Å². The standard InChI is InChI=1S/C21H25N9O12P2S/c22-7-1-2-24-16-10(7)25-5-29(16)19-13(32)14-9(40-19)4-37-43(34,35)41-15-12(31)8(3-38-44(36,45)42-14)39-20(15)30-6-26-11-17(30)27-21(23)28-18(11)33/h1-2,5-6,8-9,12-15,19-20,31-32H,3-4H2,(H2,22,24)(H,34,35)(H,36,45)(H3,23,27,28,33)/t8-,9-,12-,13-,14-,15-,19-,20-,44?/m1/s1. The Balaban J connectivity index is 1.21. The topological polar surface area (TPSA) is 300 Å². The molecule has 9 N–H and O–H groups in total. The Kier molecular flexibility index (Phi) is 7.56. The molecule has 21 nitrogen and oxygen atoms in total. The number of hydrogen-bond donors (Lipinski definition) is 7. The second-order valence-electron chi connectivity index (χ2n) is 10.3. The van der Waals surface area contributed by atoms with Crippen molar-refractivity contribution in [3.63, 3.8) is 0 Å². The number of H-pyrrole nitrogens is 1. The third-order valence-corrected chi connectivity index (χ3v) is 9.97. The molecule has 0 aliphatic carbocycles. The van der Waals surface area contributed by atoms with Crippen molar-refractivity contribution in [3.8, 4) is 0 Å². The molecule has 0 aromatic carbocycles. The van der Waals surface area contributed by atoms with E-state index in [2.05, 4.69) is 24.9 Å². The van der Waals surface area contributed by atoms with Crippen molar-refractivity contribution in [2.45, 2.75) is 49.1 Å². The maximum Gasteiger partial charge on any atom is 0.472 e. The molecule has 3 aliphatic rings. The van der Waals surface area contributed by atoms with Gasteiger partial charge in [0.25, 0.3) is 5.56 Å². The summed E-state index contributed by atoms with van der Waals surface area (Å²) < 4.78 is 49.3. The van der Waals surface area contributed by atoms with Crippen LogP contribution in [0.2, 0.25) is 0 Å². The molecule has 242 valence electrons. The van der Waals surface area contributed by atoms with Crippen LogP contribution in [-0.4, -0.2) is 104 Å². The summed E-state index contributed by atoms with van der Waals surface area (Å²) in [6.45, 7) is -5.55. The van der Waals surface area contributed by atoms with Crippen molar-refractivity contribution in [3.05, 3.63) is 35.3 Å². The first-order valence-electron chi connectivity index (χ1n) is 13.1. The van der Waals surface area contributed by atoms with Gasteiger partial charge >= 0.3 is 14.5 Å². The highest BCUT2D eigenvalue weighted by Gasteiger charge is 2.53. The van der Waals surface area contributed by atoms with Crippen LogP contribution in [0.15, 0.2) is 29.7 Å². The molecule has 0 amide bonds. The summed E-state index contributed by atoms with van der Waals surface area (Å²) in [7, 11) is -5.05. The fourth-order valence-electron chi connectivity index (χ4n) is 5.38. The molecule has 2 bridgehead atoms. The summed E-state index contributed by atoms with van der Waals surface area (Å²) in [5.74, 6) is -0.254. The number of imidazole rings is 2. The summed E-state index contributed by atoms with van der Waals surface area (Å²) in [4.78, 5) is 52.7. The molecule has 4 aromatic rings. The van der Waals surface area contributed by atoms with E-state index in [0.29, 0.717) is 11.2 Å². The van der Waals surface area contributed by atoms with Crippen LogP contribution in [0.1, 0.15) is 12.5 Å². The van der Waals surface area contributed by atoms with Gasteiger partial charge in [-0.15, -0.1) is 0 Å². The molecule has 24 heteroatoms. The maximum absolute atomic E-state index is 13.2. The molecule has 7 rings (SSSR count). The average molecular weight is 689 g/mol. The monoisotopic (exact) mass is 689 g/mol. The molecular weight excluding hydrogens is 664 g/mol. The van der Waals surface area contributed by atoms with Crippen molar-refractivity contribution >= 4 is 60.3 Å². The number of phosphoric acid groups is 1. The van der Waals surface area contributed by atoms with E-state index in [0.717, 1.165) is 6.33 Å². The number of pyridine rings is 1.